The molecule has 0 atom stereocenters. The van der Waals surface area contributed by atoms with E-state index < -0.39 is 10.0 Å². The first-order valence-corrected chi connectivity index (χ1v) is 8.71. The number of hydrogen-bond donors (Lipinski definition) is 2. The number of benzene rings is 1. The van der Waals surface area contributed by atoms with Gasteiger partial charge in [0.05, 0.1) is 4.90 Å². The summed E-state index contributed by atoms with van der Waals surface area (Å²) >= 11 is 0. The summed E-state index contributed by atoms with van der Waals surface area (Å²) in [6.45, 7) is 2.94. The van der Waals surface area contributed by atoms with E-state index in [-0.39, 0.29) is 5.54 Å². The normalized spacial score (nSPS) is 17.7. The van der Waals surface area contributed by atoms with Gasteiger partial charge in [0.25, 0.3) is 0 Å². The van der Waals surface area contributed by atoms with Crippen LogP contribution in [-0.4, -0.2) is 27.5 Å². The van der Waals surface area contributed by atoms with Crippen LogP contribution in [0.1, 0.15) is 38.2 Å². The molecule has 1 aromatic rings. The number of hydrogen-bond acceptors (Lipinski definition) is 3. The van der Waals surface area contributed by atoms with Gasteiger partial charge in [0.15, 0.2) is 0 Å². The van der Waals surface area contributed by atoms with Gasteiger partial charge in [0.1, 0.15) is 0 Å². The van der Waals surface area contributed by atoms with Crippen LogP contribution in [0.25, 0.3) is 0 Å². The highest BCUT2D eigenvalue weighted by Gasteiger charge is 2.36. The topological polar surface area (TPSA) is 58.2 Å². The summed E-state index contributed by atoms with van der Waals surface area (Å²) in [5, 5.41) is 3.11. The molecule has 0 heterocycles. The molecular weight excluding hydrogens is 272 g/mol. The van der Waals surface area contributed by atoms with Crippen molar-refractivity contribution in [2.45, 2.75) is 49.5 Å². The van der Waals surface area contributed by atoms with Crippen LogP contribution in [0, 0.1) is 0 Å². The summed E-state index contributed by atoms with van der Waals surface area (Å²) in [5.74, 6) is 0. The predicted molar refractivity (Wildman–Crippen MR) is 81.3 cm³/mol. The second kappa shape index (κ2) is 6.24. The second-order valence-corrected chi connectivity index (χ2v) is 7.55. The molecule has 1 fully saturated rings. The largest absolute Gasteiger partial charge is 0.320 e. The first-order chi connectivity index (χ1) is 9.45. The van der Waals surface area contributed by atoms with E-state index in [0.717, 1.165) is 38.6 Å². The Morgan fingerprint density at radius 3 is 2.35 bits per heavy atom. The molecule has 0 unspecified atom stereocenters. The Hall–Kier alpha value is -0.910. The van der Waals surface area contributed by atoms with Crippen LogP contribution in [0.15, 0.2) is 29.2 Å². The van der Waals surface area contributed by atoms with E-state index >= 15 is 0 Å². The van der Waals surface area contributed by atoms with Crippen molar-refractivity contribution < 1.29 is 8.42 Å². The molecule has 0 amide bonds. The van der Waals surface area contributed by atoms with Crippen molar-refractivity contribution in [3.8, 4) is 0 Å². The predicted octanol–water partition coefficient (Wildman–Crippen LogP) is 2.06. The average Bonchev–Trinajstić information content (AvgIpc) is 2.37. The molecule has 1 aliphatic rings. The molecule has 0 saturated heterocycles. The van der Waals surface area contributed by atoms with Crippen molar-refractivity contribution in [2.24, 2.45) is 0 Å². The van der Waals surface area contributed by atoms with E-state index in [9.17, 15) is 8.42 Å². The molecule has 0 spiro atoms. The molecule has 1 saturated carbocycles. The average molecular weight is 296 g/mol. The Labute approximate surface area is 122 Å². The molecule has 0 bridgehead atoms. The molecule has 1 aliphatic carbocycles. The third-order valence-corrected chi connectivity index (χ3v) is 5.62. The van der Waals surface area contributed by atoms with Gasteiger partial charge in [-0.3, -0.25) is 0 Å². The zero-order chi connectivity index (χ0) is 14.6. The highest BCUT2D eigenvalue weighted by molar-refractivity contribution is 7.89. The van der Waals surface area contributed by atoms with Gasteiger partial charge in [0, 0.05) is 5.54 Å². The maximum atomic E-state index is 12.3. The van der Waals surface area contributed by atoms with Gasteiger partial charge in [-0.25, -0.2) is 13.1 Å². The fraction of sp³-hybridized carbons (Fsp3) is 0.600. The smallest absolute Gasteiger partial charge is 0.241 e. The minimum absolute atomic E-state index is 0.246. The first-order valence-electron chi connectivity index (χ1n) is 7.23. The van der Waals surface area contributed by atoms with Gasteiger partial charge in [0.2, 0.25) is 10.0 Å². The standard InChI is InChI=1S/C15H24N2O2S/c1-15(10-4-11-15)17-20(18,19)14-8-6-13(7-9-14)5-3-12-16-2/h6-9,16-17H,3-5,10-12H2,1-2H3. The van der Waals surface area contributed by atoms with Crippen LogP contribution in [-0.2, 0) is 16.4 Å². The molecule has 1 aromatic carbocycles. The molecule has 2 rings (SSSR count). The highest BCUT2D eigenvalue weighted by atomic mass is 32.2. The van der Waals surface area contributed by atoms with E-state index in [1.54, 1.807) is 12.1 Å². The maximum absolute atomic E-state index is 12.3. The molecule has 0 aliphatic heterocycles. The molecule has 112 valence electrons. The van der Waals surface area contributed by atoms with Crippen LogP contribution in [0.4, 0.5) is 0 Å². The minimum Gasteiger partial charge on any atom is -0.320 e. The first kappa shape index (κ1) is 15.5. The fourth-order valence-corrected chi connectivity index (χ4v) is 3.96. The Balaban J connectivity index is 2.01. The summed E-state index contributed by atoms with van der Waals surface area (Å²) in [7, 11) is -1.45. The number of aryl methyl sites for hydroxylation is 1. The lowest BCUT2D eigenvalue weighted by atomic mass is 9.80. The van der Waals surface area contributed by atoms with Crippen molar-refractivity contribution in [3.05, 3.63) is 29.8 Å². The van der Waals surface area contributed by atoms with E-state index in [0.29, 0.717) is 4.90 Å². The fourth-order valence-electron chi connectivity index (χ4n) is 2.50. The lowest BCUT2D eigenvalue weighted by Crippen LogP contribution is -2.50. The van der Waals surface area contributed by atoms with Crippen LogP contribution >= 0.6 is 0 Å². The summed E-state index contributed by atoms with van der Waals surface area (Å²) in [6, 6.07) is 7.23. The lowest BCUT2D eigenvalue weighted by Gasteiger charge is -2.38. The van der Waals surface area contributed by atoms with Crippen LogP contribution < -0.4 is 10.0 Å². The minimum atomic E-state index is -3.38. The zero-order valence-electron chi connectivity index (χ0n) is 12.3. The van der Waals surface area contributed by atoms with E-state index in [1.165, 1.54) is 5.56 Å². The quantitative estimate of drug-likeness (QED) is 0.757. The van der Waals surface area contributed by atoms with Gasteiger partial charge in [-0.05, 0) is 70.3 Å². The third kappa shape index (κ3) is 3.81. The lowest BCUT2D eigenvalue weighted by molar-refractivity contribution is 0.248. The molecule has 5 heteroatoms. The van der Waals surface area contributed by atoms with Gasteiger partial charge in [-0.2, -0.15) is 0 Å². The molecule has 4 nitrogen and oxygen atoms in total. The Morgan fingerprint density at radius 2 is 1.85 bits per heavy atom. The third-order valence-electron chi connectivity index (χ3n) is 3.96. The van der Waals surface area contributed by atoms with Crippen molar-refractivity contribution in [3.63, 3.8) is 0 Å². The molecule has 2 N–H and O–H groups in total. The Bertz CT molecular complexity index is 533. The van der Waals surface area contributed by atoms with E-state index in [4.69, 9.17) is 0 Å². The molecule has 20 heavy (non-hydrogen) atoms. The second-order valence-electron chi connectivity index (χ2n) is 5.87. The number of nitrogens with one attached hydrogen (secondary N) is 2. The van der Waals surface area contributed by atoms with Crippen LogP contribution in [0.5, 0.6) is 0 Å². The zero-order valence-corrected chi connectivity index (χ0v) is 13.1. The summed E-state index contributed by atoms with van der Waals surface area (Å²) in [6.07, 6.45) is 4.97. The van der Waals surface area contributed by atoms with Crippen molar-refractivity contribution in [1.82, 2.24) is 10.0 Å². The van der Waals surface area contributed by atoms with E-state index in [1.807, 2.05) is 26.1 Å². The molecule has 0 radical (unpaired) electrons. The van der Waals surface area contributed by atoms with Crippen molar-refractivity contribution in [2.75, 3.05) is 13.6 Å². The van der Waals surface area contributed by atoms with Crippen LogP contribution in [0.2, 0.25) is 0 Å². The Morgan fingerprint density at radius 1 is 1.20 bits per heavy atom. The van der Waals surface area contributed by atoms with Gasteiger partial charge in [-0.1, -0.05) is 12.1 Å². The number of sulfonamides is 1. The highest BCUT2D eigenvalue weighted by Crippen LogP contribution is 2.32. The van der Waals surface area contributed by atoms with E-state index in [2.05, 4.69) is 10.0 Å². The van der Waals surface area contributed by atoms with Crippen LogP contribution in [0.3, 0.4) is 0 Å². The summed E-state index contributed by atoms with van der Waals surface area (Å²) in [4.78, 5) is 0.364. The maximum Gasteiger partial charge on any atom is 0.241 e. The van der Waals surface area contributed by atoms with Crippen molar-refractivity contribution in [1.29, 1.82) is 0 Å². The van der Waals surface area contributed by atoms with Gasteiger partial charge in [-0.15, -0.1) is 0 Å². The van der Waals surface area contributed by atoms with Crippen molar-refractivity contribution >= 4 is 10.0 Å². The molecular formula is C15H24N2O2S. The SMILES string of the molecule is CNCCCc1ccc(S(=O)(=O)NC2(C)CCC2)cc1. The Kier molecular flexibility index (Phi) is 4.83. The summed E-state index contributed by atoms with van der Waals surface area (Å²) in [5.41, 5.74) is 0.929. The summed E-state index contributed by atoms with van der Waals surface area (Å²) < 4.78 is 27.4. The number of rotatable bonds is 7. The van der Waals surface area contributed by atoms with Gasteiger partial charge >= 0.3 is 0 Å². The van der Waals surface area contributed by atoms with Gasteiger partial charge < -0.3 is 5.32 Å². The molecule has 0 aromatic heterocycles. The monoisotopic (exact) mass is 296 g/mol.